The number of methoxy groups -OCH3 is 1. The van der Waals surface area contributed by atoms with E-state index in [2.05, 4.69) is 17.1 Å². The van der Waals surface area contributed by atoms with Crippen molar-refractivity contribution in [2.75, 3.05) is 7.11 Å². The number of nitrogens with one attached hydrogen (secondary N) is 1. The van der Waals surface area contributed by atoms with Crippen LogP contribution in [-0.2, 0) is 11.2 Å². The SMILES string of the molecule is COC(C1CC=CCC1)n1c(Cc2ccccc2)c(C(C)C)c(=O)[nH]c1=O. The van der Waals surface area contributed by atoms with Crippen LogP contribution < -0.4 is 11.2 Å². The van der Waals surface area contributed by atoms with Gasteiger partial charge in [-0.05, 0) is 30.7 Å². The normalized spacial score (nSPS) is 18.0. The highest BCUT2D eigenvalue weighted by Gasteiger charge is 2.28. The quantitative estimate of drug-likeness (QED) is 0.790. The number of hydrogen-bond acceptors (Lipinski definition) is 3. The third-order valence-corrected chi connectivity index (χ3v) is 5.29. The summed E-state index contributed by atoms with van der Waals surface area (Å²) in [7, 11) is 1.64. The zero-order valence-corrected chi connectivity index (χ0v) is 16.3. The molecule has 0 spiro atoms. The fourth-order valence-electron chi connectivity index (χ4n) is 4.03. The summed E-state index contributed by atoms with van der Waals surface area (Å²) in [6.45, 7) is 3.97. The maximum Gasteiger partial charge on any atom is 0.330 e. The Bertz CT molecular complexity index is 909. The summed E-state index contributed by atoms with van der Waals surface area (Å²) in [6.07, 6.45) is 7.26. The maximum atomic E-state index is 12.9. The van der Waals surface area contributed by atoms with Crippen molar-refractivity contribution in [3.63, 3.8) is 0 Å². The van der Waals surface area contributed by atoms with Crippen LogP contribution in [-0.4, -0.2) is 16.7 Å². The molecule has 1 aromatic carbocycles. The predicted octanol–water partition coefficient (Wildman–Crippen LogP) is 3.75. The second-order valence-electron chi connectivity index (χ2n) is 7.48. The van der Waals surface area contributed by atoms with E-state index >= 15 is 0 Å². The summed E-state index contributed by atoms with van der Waals surface area (Å²) in [4.78, 5) is 28.0. The molecule has 1 heterocycles. The molecule has 0 aliphatic heterocycles. The lowest BCUT2D eigenvalue weighted by Gasteiger charge is -2.31. The summed E-state index contributed by atoms with van der Waals surface area (Å²) in [5.41, 5.74) is 1.79. The van der Waals surface area contributed by atoms with Crippen LogP contribution in [0.15, 0.2) is 52.1 Å². The van der Waals surface area contributed by atoms with E-state index in [1.165, 1.54) is 0 Å². The van der Waals surface area contributed by atoms with E-state index in [0.717, 1.165) is 30.5 Å². The summed E-state index contributed by atoms with van der Waals surface area (Å²) in [5.74, 6) is 0.209. The molecule has 0 bridgehead atoms. The highest BCUT2D eigenvalue weighted by atomic mass is 16.5. The molecule has 144 valence electrons. The van der Waals surface area contributed by atoms with Gasteiger partial charge in [0.05, 0.1) is 0 Å². The highest BCUT2D eigenvalue weighted by molar-refractivity contribution is 5.29. The average molecular weight is 368 g/mol. The van der Waals surface area contributed by atoms with Gasteiger partial charge in [0, 0.05) is 30.7 Å². The number of rotatable bonds is 6. The summed E-state index contributed by atoms with van der Waals surface area (Å²) < 4.78 is 7.50. The van der Waals surface area contributed by atoms with Gasteiger partial charge >= 0.3 is 5.69 Å². The Morgan fingerprint density at radius 1 is 1.19 bits per heavy atom. The third-order valence-electron chi connectivity index (χ3n) is 5.29. The molecule has 5 nitrogen and oxygen atoms in total. The number of aromatic nitrogens is 2. The van der Waals surface area contributed by atoms with Gasteiger partial charge in [-0.3, -0.25) is 14.3 Å². The third kappa shape index (κ3) is 4.14. The van der Waals surface area contributed by atoms with Crippen LogP contribution in [0.4, 0.5) is 0 Å². The fraction of sp³-hybridized carbons (Fsp3) is 0.455. The van der Waals surface area contributed by atoms with E-state index in [9.17, 15) is 9.59 Å². The van der Waals surface area contributed by atoms with Gasteiger partial charge in [0.1, 0.15) is 6.23 Å². The first-order valence-corrected chi connectivity index (χ1v) is 9.62. The van der Waals surface area contributed by atoms with Crippen molar-refractivity contribution >= 4 is 0 Å². The minimum atomic E-state index is -0.393. The van der Waals surface area contributed by atoms with Gasteiger partial charge in [0.25, 0.3) is 5.56 Å². The Hall–Kier alpha value is -2.40. The van der Waals surface area contributed by atoms with E-state index in [0.29, 0.717) is 12.0 Å². The number of aromatic amines is 1. The molecule has 0 fully saturated rings. The van der Waals surface area contributed by atoms with Gasteiger partial charge in [0.15, 0.2) is 0 Å². The van der Waals surface area contributed by atoms with Crippen LogP contribution in [0.2, 0.25) is 0 Å². The molecule has 0 amide bonds. The van der Waals surface area contributed by atoms with Gasteiger partial charge in [-0.25, -0.2) is 4.79 Å². The summed E-state index contributed by atoms with van der Waals surface area (Å²) in [6, 6.07) is 9.94. The van der Waals surface area contributed by atoms with E-state index in [-0.39, 0.29) is 17.4 Å². The van der Waals surface area contributed by atoms with Crippen LogP contribution in [0.3, 0.4) is 0 Å². The molecule has 27 heavy (non-hydrogen) atoms. The summed E-state index contributed by atoms with van der Waals surface area (Å²) in [5, 5.41) is 0. The molecule has 2 unspecified atom stereocenters. The molecule has 0 radical (unpaired) electrons. The lowest BCUT2D eigenvalue weighted by Crippen LogP contribution is -2.41. The lowest BCUT2D eigenvalue weighted by atomic mass is 9.91. The minimum Gasteiger partial charge on any atom is -0.361 e. The Kier molecular flexibility index (Phi) is 6.11. The molecular formula is C22H28N2O3. The zero-order chi connectivity index (χ0) is 19.4. The number of ether oxygens (including phenoxy) is 1. The lowest BCUT2D eigenvalue weighted by molar-refractivity contribution is -0.0145. The van der Waals surface area contributed by atoms with Crippen molar-refractivity contribution in [2.45, 2.75) is 51.7 Å². The monoisotopic (exact) mass is 368 g/mol. The van der Waals surface area contributed by atoms with Gasteiger partial charge in [-0.1, -0.05) is 56.3 Å². The van der Waals surface area contributed by atoms with Crippen LogP contribution in [0.5, 0.6) is 0 Å². The minimum absolute atomic E-state index is 0.00284. The molecule has 5 heteroatoms. The van der Waals surface area contributed by atoms with Gasteiger partial charge in [-0.15, -0.1) is 0 Å². The van der Waals surface area contributed by atoms with E-state index in [1.807, 2.05) is 44.2 Å². The van der Waals surface area contributed by atoms with E-state index in [1.54, 1.807) is 11.7 Å². The standard InChI is InChI=1S/C22H28N2O3/c1-15(2)19-18(14-16-10-6-4-7-11-16)24(22(26)23-20(19)25)21(27-3)17-12-8-5-9-13-17/h4-8,10-11,15,17,21H,9,12-14H2,1-3H3,(H,23,25,26). The Morgan fingerprint density at radius 3 is 2.52 bits per heavy atom. The van der Waals surface area contributed by atoms with Gasteiger partial charge in [0.2, 0.25) is 0 Å². The fourth-order valence-corrected chi connectivity index (χ4v) is 4.03. The van der Waals surface area contributed by atoms with Crippen molar-refractivity contribution in [1.82, 2.24) is 9.55 Å². The Balaban J connectivity index is 2.19. The topological polar surface area (TPSA) is 64.1 Å². The number of allylic oxidation sites excluding steroid dienone is 2. The maximum absolute atomic E-state index is 12.9. The molecule has 1 aliphatic carbocycles. The molecule has 0 saturated heterocycles. The second-order valence-corrected chi connectivity index (χ2v) is 7.48. The van der Waals surface area contributed by atoms with Crippen molar-refractivity contribution in [2.24, 2.45) is 5.92 Å². The van der Waals surface area contributed by atoms with E-state index < -0.39 is 11.9 Å². The summed E-state index contributed by atoms with van der Waals surface area (Å²) >= 11 is 0. The molecule has 3 rings (SSSR count). The first kappa shape index (κ1) is 19.4. The van der Waals surface area contributed by atoms with Crippen molar-refractivity contribution < 1.29 is 4.74 Å². The zero-order valence-electron chi connectivity index (χ0n) is 16.3. The van der Waals surface area contributed by atoms with Crippen LogP contribution >= 0.6 is 0 Å². The Morgan fingerprint density at radius 2 is 1.93 bits per heavy atom. The molecule has 2 aromatic rings. The average Bonchev–Trinajstić information content (AvgIpc) is 2.66. The number of H-pyrrole nitrogens is 1. The first-order valence-electron chi connectivity index (χ1n) is 9.62. The van der Waals surface area contributed by atoms with Crippen molar-refractivity contribution in [3.8, 4) is 0 Å². The first-order chi connectivity index (χ1) is 13.0. The molecule has 1 aromatic heterocycles. The molecular weight excluding hydrogens is 340 g/mol. The molecule has 1 aliphatic rings. The van der Waals surface area contributed by atoms with Crippen molar-refractivity contribution in [3.05, 3.63) is 80.1 Å². The number of hydrogen-bond donors (Lipinski definition) is 1. The van der Waals surface area contributed by atoms with Crippen LogP contribution in [0.25, 0.3) is 0 Å². The Labute approximate surface area is 159 Å². The number of benzene rings is 1. The largest absolute Gasteiger partial charge is 0.361 e. The molecule has 2 atom stereocenters. The van der Waals surface area contributed by atoms with Crippen molar-refractivity contribution in [1.29, 1.82) is 0 Å². The van der Waals surface area contributed by atoms with Crippen LogP contribution in [0, 0.1) is 5.92 Å². The number of nitrogens with zero attached hydrogens (tertiary/aromatic N) is 1. The molecule has 0 saturated carbocycles. The smallest absolute Gasteiger partial charge is 0.330 e. The molecule has 1 N–H and O–H groups in total. The van der Waals surface area contributed by atoms with Gasteiger partial charge < -0.3 is 4.74 Å². The van der Waals surface area contributed by atoms with Crippen LogP contribution in [0.1, 0.15) is 62.1 Å². The highest BCUT2D eigenvalue weighted by Crippen LogP contribution is 2.31. The van der Waals surface area contributed by atoms with Gasteiger partial charge in [-0.2, -0.15) is 0 Å². The predicted molar refractivity (Wildman–Crippen MR) is 107 cm³/mol. The second kappa shape index (κ2) is 8.53. The van der Waals surface area contributed by atoms with E-state index in [4.69, 9.17) is 4.74 Å².